The van der Waals surface area contributed by atoms with Crippen molar-refractivity contribution in [1.82, 2.24) is 5.32 Å². The Morgan fingerprint density at radius 3 is 2.61 bits per heavy atom. The van der Waals surface area contributed by atoms with Gasteiger partial charge in [-0.05, 0) is 62.1 Å². The maximum absolute atomic E-state index is 13.3. The number of nitrogens with one attached hydrogen (secondary N) is 1. The maximum Gasteiger partial charge on any atom is 0.248 e. The first-order chi connectivity index (χ1) is 13.5. The summed E-state index contributed by atoms with van der Waals surface area (Å²) in [6, 6.07) is 8.48. The number of ketones is 1. The minimum atomic E-state index is -2.53. The van der Waals surface area contributed by atoms with Crippen molar-refractivity contribution in [2.24, 2.45) is 11.8 Å². The molecule has 0 amide bonds. The zero-order valence-electron chi connectivity index (χ0n) is 16.5. The Morgan fingerprint density at radius 1 is 1.11 bits per heavy atom. The molecule has 0 bridgehead atoms. The lowest BCUT2D eigenvalue weighted by Crippen LogP contribution is -2.29. The van der Waals surface area contributed by atoms with E-state index in [1.165, 1.54) is 5.56 Å². The highest BCUT2D eigenvalue weighted by molar-refractivity contribution is 5.96. The molecule has 1 saturated heterocycles. The van der Waals surface area contributed by atoms with Crippen molar-refractivity contribution in [3.63, 3.8) is 0 Å². The van der Waals surface area contributed by atoms with E-state index in [9.17, 15) is 13.6 Å². The molecular weight excluding hydrogens is 360 g/mol. The highest BCUT2D eigenvalue weighted by Gasteiger charge is 2.39. The molecule has 2 aliphatic carbocycles. The fourth-order valence-electron chi connectivity index (χ4n) is 4.68. The van der Waals surface area contributed by atoms with E-state index < -0.39 is 5.92 Å². The van der Waals surface area contributed by atoms with E-state index in [0.717, 1.165) is 44.6 Å². The molecule has 3 aliphatic rings. The molecule has 1 aliphatic heterocycles. The number of benzene rings is 1. The first kappa shape index (κ1) is 20.0. The van der Waals surface area contributed by atoms with Gasteiger partial charge in [-0.1, -0.05) is 18.2 Å². The molecule has 3 nitrogen and oxygen atoms in total. The molecule has 3 fully saturated rings. The lowest BCUT2D eigenvalue weighted by atomic mass is 9.83. The Balaban J connectivity index is 1.27. The number of ether oxygens (including phenoxy) is 1. The normalized spacial score (nSPS) is 28.2. The molecule has 0 spiro atoms. The van der Waals surface area contributed by atoms with Crippen LogP contribution in [-0.4, -0.2) is 37.5 Å². The van der Waals surface area contributed by atoms with E-state index in [0.29, 0.717) is 37.1 Å². The largest absolute Gasteiger partial charge is 0.381 e. The Hall–Kier alpha value is -1.33. The van der Waals surface area contributed by atoms with Crippen LogP contribution in [0.4, 0.5) is 8.78 Å². The highest BCUT2D eigenvalue weighted by atomic mass is 19.3. The zero-order chi connectivity index (χ0) is 19.6. The summed E-state index contributed by atoms with van der Waals surface area (Å²) in [7, 11) is 0. The molecule has 154 valence electrons. The van der Waals surface area contributed by atoms with Crippen molar-refractivity contribution in [2.75, 3.05) is 19.8 Å². The fraction of sp³-hybridized carbons (Fsp3) is 0.696. The molecule has 28 heavy (non-hydrogen) atoms. The van der Waals surface area contributed by atoms with Gasteiger partial charge < -0.3 is 10.1 Å². The van der Waals surface area contributed by atoms with E-state index in [2.05, 4.69) is 11.4 Å². The average Bonchev–Trinajstić information content (AvgIpc) is 3.49. The number of halogens is 2. The van der Waals surface area contributed by atoms with Crippen LogP contribution in [0, 0.1) is 11.8 Å². The minimum absolute atomic E-state index is 0.0759. The summed E-state index contributed by atoms with van der Waals surface area (Å²) in [4.78, 5) is 12.7. The van der Waals surface area contributed by atoms with Gasteiger partial charge in [0.15, 0.2) is 5.78 Å². The van der Waals surface area contributed by atoms with E-state index in [4.69, 9.17) is 4.74 Å². The number of Topliss-reactive ketones (excluding diaryl/α,β-unsaturated/α-hetero) is 1. The van der Waals surface area contributed by atoms with E-state index in [-0.39, 0.29) is 24.5 Å². The van der Waals surface area contributed by atoms with Crippen LogP contribution in [0.2, 0.25) is 0 Å². The summed E-state index contributed by atoms with van der Waals surface area (Å²) in [6.07, 6.45) is 4.57. The number of alkyl halides is 2. The SMILES string of the molecule is O=C(CC1CCC(F)(F)CC1)c1cccc(C2CC2NCC2CCOCC2)c1. The summed E-state index contributed by atoms with van der Waals surface area (Å²) in [5.74, 6) is -1.13. The van der Waals surface area contributed by atoms with Crippen LogP contribution in [0.15, 0.2) is 24.3 Å². The molecule has 0 radical (unpaired) electrons. The van der Waals surface area contributed by atoms with Gasteiger partial charge in [0.1, 0.15) is 0 Å². The van der Waals surface area contributed by atoms with Gasteiger partial charge in [0.05, 0.1) is 0 Å². The Morgan fingerprint density at radius 2 is 1.86 bits per heavy atom. The summed E-state index contributed by atoms with van der Waals surface area (Å²) < 4.78 is 32.0. The summed E-state index contributed by atoms with van der Waals surface area (Å²) in [5.41, 5.74) is 1.97. The van der Waals surface area contributed by atoms with Crippen molar-refractivity contribution in [2.45, 2.75) is 69.2 Å². The third kappa shape index (κ3) is 5.18. The fourth-order valence-corrected chi connectivity index (χ4v) is 4.68. The van der Waals surface area contributed by atoms with Crippen molar-refractivity contribution in [3.8, 4) is 0 Å². The molecule has 2 saturated carbocycles. The van der Waals surface area contributed by atoms with Crippen LogP contribution >= 0.6 is 0 Å². The topological polar surface area (TPSA) is 38.3 Å². The second-order valence-corrected chi connectivity index (χ2v) is 8.96. The quantitative estimate of drug-likeness (QED) is 0.668. The Bertz CT molecular complexity index is 677. The highest BCUT2D eigenvalue weighted by Crippen LogP contribution is 2.42. The van der Waals surface area contributed by atoms with Crippen LogP contribution < -0.4 is 5.32 Å². The molecule has 4 rings (SSSR count). The lowest BCUT2D eigenvalue weighted by Gasteiger charge is -2.27. The van der Waals surface area contributed by atoms with E-state index in [1.807, 2.05) is 18.2 Å². The summed E-state index contributed by atoms with van der Waals surface area (Å²) in [6.45, 7) is 2.81. The lowest BCUT2D eigenvalue weighted by molar-refractivity contribution is -0.0458. The monoisotopic (exact) mass is 391 g/mol. The smallest absolute Gasteiger partial charge is 0.248 e. The van der Waals surface area contributed by atoms with Crippen molar-refractivity contribution < 1.29 is 18.3 Å². The second-order valence-electron chi connectivity index (χ2n) is 8.96. The molecule has 2 unspecified atom stereocenters. The van der Waals surface area contributed by atoms with Crippen LogP contribution in [0.5, 0.6) is 0 Å². The number of rotatable bonds is 7. The summed E-state index contributed by atoms with van der Waals surface area (Å²) in [5, 5.41) is 3.69. The zero-order valence-corrected chi connectivity index (χ0v) is 16.5. The maximum atomic E-state index is 13.3. The molecule has 1 aromatic carbocycles. The van der Waals surface area contributed by atoms with Gasteiger partial charge in [0, 0.05) is 50.0 Å². The molecular formula is C23H31F2NO2. The average molecular weight is 392 g/mol. The number of carbonyl (C=O) groups excluding carboxylic acids is 1. The number of carbonyl (C=O) groups is 1. The predicted octanol–water partition coefficient (Wildman–Crippen LogP) is 4.96. The molecule has 1 heterocycles. The van der Waals surface area contributed by atoms with Gasteiger partial charge in [-0.25, -0.2) is 8.78 Å². The van der Waals surface area contributed by atoms with Gasteiger partial charge in [-0.2, -0.15) is 0 Å². The third-order valence-corrected chi connectivity index (χ3v) is 6.75. The molecule has 2 atom stereocenters. The van der Waals surface area contributed by atoms with E-state index in [1.54, 1.807) is 0 Å². The van der Waals surface area contributed by atoms with Gasteiger partial charge in [0.2, 0.25) is 5.92 Å². The van der Waals surface area contributed by atoms with Crippen molar-refractivity contribution in [3.05, 3.63) is 35.4 Å². The van der Waals surface area contributed by atoms with E-state index >= 15 is 0 Å². The van der Waals surface area contributed by atoms with Crippen LogP contribution in [0.25, 0.3) is 0 Å². The van der Waals surface area contributed by atoms with Crippen LogP contribution in [0.1, 0.15) is 73.2 Å². The van der Waals surface area contributed by atoms with Gasteiger partial charge in [-0.3, -0.25) is 4.79 Å². The van der Waals surface area contributed by atoms with Crippen molar-refractivity contribution in [1.29, 1.82) is 0 Å². The third-order valence-electron chi connectivity index (χ3n) is 6.75. The van der Waals surface area contributed by atoms with Crippen LogP contribution in [0.3, 0.4) is 0 Å². The first-order valence-electron chi connectivity index (χ1n) is 10.8. The van der Waals surface area contributed by atoms with Gasteiger partial charge >= 0.3 is 0 Å². The van der Waals surface area contributed by atoms with Crippen LogP contribution in [-0.2, 0) is 4.74 Å². The summed E-state index contributed by atoms with van der Waals surface area (Å²) >= 11 is 0. The second kappa shape index (κ2) is 8.58. The van der Waals surface area contributed by atoms with Gasteiger partial charge in [-0.15, -0.1) is 0 Å². The number of hydrogen-bond acceptors (Lipinski definition) is 3. The molecule has 1 N–H and O–H groups in total. The Kier molecular flexibility index (Phi) is 6.12. The number of hydrogen-bond donors (Lipinski definition) is 1. The molecule has 1 aromatic rings. The predicted molar refractivity (Wildman–Crippen MR) is 105 cm³/mol. The molecule has 0 aromatic heterocycles. The minimum Gasteiger partial charge on any atom is -0.381 e. The Labute approximate surface area is 166 Å². The standard InChI is InChI=1S/C23H31F2NO2/c24-23(25)8-4-16(5-9-23)12-22(27)19-3-1-2-18(13-19)20-14-21(20)26-15-17-6-10-28-11-7-17/h1-3,13,16-17,20-21,26H,4-12,14-15H2. The first-order valence-corrected chi connectivity index (χ1v) is 10.8. The van der Waals surface area contributed by atoms with Gasteiger partial charge in [0.25, 0.3) is 0 Å². The molecule has 5 heteroatoms. The van der Waals surface area contributed by atoms with Crippen molar-refractivity contribution >= 4 is 5.78 Å².